The van der Waals surface area contributed by atoms with Crippen LogP contribution in [0.4, 0.5) is 4.39 Å². The van der Waals surface area contributed by atoms with Crippen molar-refractivity contribution >= 4 is 5.97 Å². The van der Waals surface area contributed by atoms with Crippen molar-refractivity contribution in [2.24, 2.45) is 0 Å². The van der Waals surface area contributed by atoms with Gasteiger partial charge in [-0.1, -0.05) is 42.0 Å². The molecule has 0 heterocycles. The third kappa shape index (κ3) is 5.96. The van der Waals surface area contributed by atoms with Crippen LogP contribution in [0.15, 0.2) is 72.3 Å². The Hall–Kier alpha value is -3.60. The summed E-state index contributed by atoms with van der Waals surface area (Å²) in [5, 5.41) is 0. The maximum absolute atomic E-state index is 14.5. The number of aryl methyl sites for hydroxylation is 1. The Morgan fingerprint density at radius 2 is 1.81 bits per heavy atom. The molecule has 0 radical (unpaired) electrons. The van der Waals surface area contributed by atoms with Crippen LogP contribution in [-0.4, -0.2) is 19.7 Å². The van der Waals surface area contributed by atoms with E-state index in [0.29, 0.717) is 24.3 Å². The van der Waals surface area contributed by atoms with Crippen LogP contribution in [0.1, 0.15) is 62.3 Å². The first kappa shape index (κ1) is 25.5. The first-order chi connectivity index (χ1) is 17.4. The van der Waals surface area contributed by atoms with Gasteiger partial charge < -0.3 is 14.2 Å². The van der Waals surface area contributed by atoms with Gasteiger partial charge in [0.1, 0.15) is 23.4 Å². The van der Waals surface area contributed by atoms with Crippen molar-refractivity contribution in [2.75, 3.05) is 13.7 Å². The maximum atomic E-state index is 14.5. The monoisotopic (exact) mass is 488 g/mol. The second-order valence-corrected chi connectivity index (χ2v) is 9.33. The summed E-state index contributed by atoms with van der Waals surface area (Å²) in [5.74, 6) is 0.912. The first-order valence-corrected chi connectivity index (χ1v) is 12.4. The summed E-state index contributed by atoms with van der Waals surface area (Å²) in [6.45, 7) is 6.26. The summed E-state index contributed by atoms with van der Waals surface area (Å²) in [7, 11) is 1.58. The van der Waals surface area contributed by atoms with Crippen molar-refractivity contribution in [3.8, 4) is 22.6 Å². The molecule has 1 aliphatic carbocycles. The molecule has 0 spiro atoms. The van der Waals surface area contributed by atoms with Crippen LogP contribution >= 0.6 is 0 Å². The Morgan fingerprint density at radius 1 is 1.06 bits per heavy atom. The lowest BCUT2D eigenvalue weighted by Gasteiger charge is -2.17. The lowest BCUT2D eigenvalue weighted by Crippen LogP contribution is -2.09. The Labute approximate surface area is 212 Å². The molecule has 0 bridgehead atoms. The molecular formula is C31H33FO4. The maximum Gasteiger partial charge on any atom is 0.306 e. The topological polar surface area (TPSA) is 44.8 Å². The fourth-order valence-corrected chi connectivity index (χ4v) is 4.75. The number of ether oxygens (including phenoxy) is 3. The highest BCUT2D eigenvalue weighted by Crippen LogP contribution is 2.38. The van der Waals surface area contributed by atoms with E-state index in [1.165, 1.54) is 11.6 Å². The molecule has 0 amide bonds. The quantitative estimate of drug-likeness (QED) is 0.230. The van der Waals surface area contributed by atoms with Crippen LogP contribution in [0.3, 0.4) is 0 Å². The second kappa shape index (κ2) is 11.4. The summed E-state index contributed by atoms with van der Waals surface area (Å²) < 4.78 is 31.2. The molecule has 0 N–H and O–H groups in total. The predicted octanol–water partition coefficient (Wildman–Crippen LogP) is 7.57. The van der Waals surface area contributed by atoms with Gasteiger partial charge in [0.25, 0.3) is 0 Å². The molecule has 0 saturated heterocycles. The SMILES string of the molecule is CCOC(=O)CC(C=C(C)C)c1ccc(O[C@@H]2CCc3cc(-c4cc(OC)ccc4F)ccc32)cc1. The average Bonchev–Trinajstić information content (AvgIpc) is 3.26. The zero-order valence-corrected chi connectivity index (χ0v) is 21.3. The van der Waals surface area contributed by atoms with Gasteiger partial charge in [-0.3, -0.25) is 4.79 Å². The van der Waals surface area contributed by atoms with Crippen LogP contribution < -0.4 is 9.47 Å². The van der Waals surface area contributed by atoms with Gasteiger partial charge in [0.2, 0.25) is 0 Å². The highest BCUT2D eigenvalue weighted by atomic mass is 19.1. The van der Waals surface area contributed by atoms with Gasteiger partial charge in [0.15, 0.2) is 0 Å². The first-order valence-electron chi connectivity index (χ1n) is 12.4. The van der Waals surface area contributed by atoms with Gasteiger partial charge in [-0.15, -0.1) is 0 Å². The van der Waals surface area contributed by atoms with Crippen molar-refractivity contribution in [1.29, 1.82) is 0 Å². The molecule has 36 heavy (non-hydrogen) atoms. The number of benzene rings is 3. The van der Waals surface area contributed by atoms with Crippen molar-refractivity contribution in [1.82, 2.24) is 0 Å². The number of carbonyl (C=O) groups is 1. The summed E-state index contributed by atoms with van der Waals surface area (Å²) in [5.41, 5.74) is 5.88. The van der Waals surface area contributed by atoms with Crippen molar-refractivity contribution in [2.45, 2.75) is 52.1 Å². The van der Waals surface area contributed by atoms with Gasteiger partial charge in [-0.2, -0.15) is 0 Å². The molecule has 2 atom stereocenters. The lowest BCUT2D eigenvalue weighted by molar-refractivity contribution is -0.143. The van der Waals surface area contributed by atoms with Crippen LogP contribution in [0, 0.1) is 5.82 Å². The minimum absolute atomic E-state index is 0.0364. The van der Waals surface area contributed by atoms with E-state index in [1.54, 1.807) is 19.2 Å². The van der Waals surface area contributed by atoms with E-state index >= 15 is 0 Å². The standard InChI is InChI=1S/C31H33FO4/c1-5-35-31(33)18-24(16-20(2)3)21-6-10-25(11-7-21)36-30-15-9-22-17-23(8-13-27(22)30)28-19-26(34-4)12-14-29(28)32/h6-8,10-14,16-17,19,24,30H,5,9,15,18H2,1-4H3/t24?,30-/m1/s1. The van der Waals surface area contributed by atoms with Crippen LogP contribution in [0.5, 0.6) is 11.5 Å². The lowest BCUT2D eigenvalue weighted by atomic mass is 9.93. The number of rotatable bonds is 9. The number of esters is 1. The van der Waals surface area contributed by atoms with Crippen LogP contribution in [-0.2, 0) is 16.0 Å². The van der Waals surface area contributed by atoms with E-state index in [9.17, 15) is 9.18 Å². The zero-order valence-electron chi connectivity index (χ0n) is 21.3. The molecule has 0 aliphatic heterocycles. The summed E-state index contributed by atoms with van der Waals surface area (Å²) in [6, 6.07) is 18.8. The van der Waals surface area contributed by atoms with E-state index in [1.807, 2.05) is 57.2 Å². The van der Waals surface area contributed by atoms with Gasteiger partial charge in [-0.25, -0.2) is 4.39 Å². The zero-order chi connectivity index (χ0) is 25.7. The average molecular weight is 489 g/mol. The third-order valence-corrected chi connectivity index (χ3v) is 6.46. The normalized spacial score (nSPS) is 15.1. The number of hydrogen-bond acceptors (Lipinski definition) is 4. The molecule has 0 fully saturated rings. The van der Waals surface area contributed by atoms with E-state index in [2.05, 4.69) is 12.1 Å². The molecule has 0 saturated carbocycles. The summed E-state index contributed by atoms with van der Waals surface area (Å²) in [6.07, 6.45) is 4.10. The van der Waals surface area contributed by atoms with Crippen molar-refractivity contribution < 1.29 is 23.4 Å². The molecule has 1 aliphatic rings. The molecule has 1 unspecified atom stereocenters. The van der Waals surface area contributed by atoms with Crippen LogP contribution in [0.2, 0.25) is 0 Å². The molecule has 5 heteroatoms. The molecular weight excluding hydrogens is 455 g/mol. The number of allylic oxidation sites excluding steroid dienone is 2. The van der Waals surface area contributed by atoms with Gasteiger partial charge >= 0.3 is 5.97 Å². The Morgan fingerprint density at radius 3 is 2.50 bits per heavy atom. The van der Waals surface area contributed by atoms with E-state index in [0.717, 1.165) is 40.9 Å². The molecule has 3 aromatic rings. The van der Waals surface area contributed by atoms with E-state index in [4.69, 9.17) is 14.2 Å². The molecule has 4 rings (SSSR count). The van der Waals surface area contributed by atoms with Crippen LogP contribution in [0.25, 0.3) is 11.1 Å². The smallest absolute Gasteiger partial charge is 0.306 e. The molecule has 3 aromatic carbocycles. The van der Waals surface area contributed by atoms with Crippen molar-refractivity contribution in [3.05, 3.63) is 94.8 Å². The fraction of sp³-hybridized carbons (Fsp3) is 0.323. The summed E-state index contributed by atoms with van der Waals surface area (Å²) >= 11 is 0. The Kier molecular flexibility index (Phi) is 8.09. The minimum atomic E-state index is -0.268. The fourth-order valence-electron chi connectivity index (χ4n) is 4.75. The summed E-state index contributed by atoms with van der Waals surface area (Å²) in [4.78, 5) is 12.1. The highest BCUT2D eigenvalue weighted by Gasteiger charge is 2.25. The molecule has 4 nitrogen and oxygen atoms in total. The molecule has 0 aromatic heterocycles. The van der Waals surface area contributed by atoms with Gasteiger partial charge in [-0.05, 0) is 86.2 Å². The Balaban J connectivity index is 1.49. The van der Waals surface area contributed by atoms with E-state index in [-0.39, 0.29) is 23.8 Å². The number of carbonyl (C=O) groups excluding carboxylic acids is 1. The number of hydrogen-bond donors (Lipinski definition) is 0. The predicted molar refractivity (Wildman–Crippen MR) is 140 cm³/mol. The molecule has 188 valence electrons. The number of halogens is 1. The number of fused-ring (bicyclic) bond motifs is 1. The largest absolute Gasteiger partial charge is 0.497 e. The second-order valence-electron chi connectivity index (χ2n) is 9.33. The van der Waals surface area contributed by atoms with E-state index < -0.39 is 0 Å². The highest BCUT2D eigenvalue weighted by molar-refractivity contribution is 5.71. The van der Waals surface area contributed by atoms with Gasteiger partial charge in [0.05, 0.1) is 20.1 Å². The third-order valence-electron chi connectivity index (χ3n) is 6.46. The number of methoxy groups -OCH3 is 1. The Bertz CT molecular complexity index is 1240. The minimum Gasteiger partial charge on any atom is -0.497 e. The van der Waals surface area contributed by atoms with Gasteiger partial charge in [0, 0.05) is 11.5 Å². The van der Waals surface area contributed by atoms with Crippen molar-refractivity contribution in [3.63, 3.8) is 0 Å².